The Hall–Kier alpha value is -1.33. The molecule has 0 aliphatic rings. The first-order valence-corrected chi connectivity index (χ1v) is 3.68. The Labute approximate surface area is 112 Å². The smallest absolute Gasteiger partial charge is 0 e. The zero-order valence-electron chi connectivity index (χ0n) is 9.32. The maximum atomic E-state index is 8.09. The minimum Gasteiger partial charge on any atom is 0 e. The maximum Gasteiger partial charge on any atom is 0 e. The van der Waals surface area contributed by atoms with Crippen LogP contribution in [0.15, 0.2) is 24.3 Å². The first-order chi connectivity index (χ1) is 7.81. The normalized spacial score (nSPS) is 8.65. The first kappa shape index (κ1) is 29.6. The van der Waals surface area contributed by atoms with Crippen molar-refractivity contribution in [3.8, 4) is 6.07 Å². The van der Waals surface area contributed by atoms with Crippen molar-refractivity contribution in [1.82, 2.24) is 0 Å². The van der Waals surface area contributed by atoms with Crippen molar-refractivity contribution in [3.05, 3.63) is 44.3 Å². The molecule has 6 heteroatoms. The minimum atomic E-state index is 0. The zero-order chi connectivity index (χ0) is 13.8. The summed E-state index contributed by atoms with van der Waals surface area (Å²) in [6, 6.07) is 1.89. The first-order valence-electron chi connectivity index (χ1n) is 3.68. The quantitative estimate of drug-likeness (QED) is 0.257. The van der Waals surface area contributed by atoms with Crippen LogP contribution in [0, 0.1) is 31.3 Å². The van der Waals surface area contributed by atoms with Crippen LogP contribution in [0.25, 0.3) is 0 Å². The van der Waals surface area contributed by atoms with Crippen LogP contribution in [0.3, 0.4) is 0 Å². The number of allylic oxidation sites excluding steroid dienone is 3. The molecule has 0 saturated carbocycles. The average molecular weight is 277 g/mol. The predicted molar refractivity (Wildman–Crippen MR) is 52.2 cm³/mol. The molecule has 0 rings (SSSR count). The summed E-state index contributed by atoms with van der Waals surface area (Å²) in [7, 11) is 1.64. The van der Waals surface area contributed by atoms with Crippen molar-refractivity contribution in [2.24, 2.45) is 0 Å². The van der Waals surface area contributed by atoms with E-state index >= 15 is 0 Å². The van der Waals surface area contributed by atoms with Gasteiger partial charge in [-0.15, -0.1) is 0 Å². The molecular formula is C11H11FeNO4. The van der Waals surface area contributed by atoms with E-state index in [0.717, 1.165) is 0 Å². The van der Waals surface area contributed by atoms with Gasteiger partial charge in [-0.25, -0.2) is 0 Å². The molecule has 17 heavy (non-hydrogen) atoms. The van der Waals surface area contributed by atoms with Crippen molar-refractivity contribution in [3.63, 3.8) is 0 Å². The monoisotopic (exact) mass is 277 g/mol. The molecule has 0 saturated heterocycles. The Morgan fingerprint density at radius 2 is 1.53 bits per heavy atom. The second kappa shape index (κ2) is 46.6. The molecule has 0 N–H and O–H groups in total. The van der Waals surface area contributed by atoms with E-state index in [0.29, 0.717) is 0 Å². The van der Waals surface area contributed by atoms with E-state index in [2.05, 4.69) is 20.0 Å². The van der Waals surface area contributed by atoms with E-state index in [1.807, 2.05) is 19.1 Å². The molecule has 0 heterocycles. The number of nitriles is 1. The molecule has 0 aliphatic heterocycles. The fourth-order valence-corrected chi connectivity index (χ4v) is 0.398. The molecule has 0 aromatic carbocycles. The Balaban J connectivity index is -0.0000000594. The van der Waals surface area contributed by atoms with Gasteiger partial charge in [0.1, 0.15) is 0 Å². The molecule has 0 fully saturated rings. The Morgan fingerprint density at radius 1 is 1.12 bits per heavy atom. The topological polar surface area (TPSA) is 92.7 Å². The second-order valence-corrected chi connectivity index (χ2v) is 1.81. The van der Waals surface area contributed by atoms with Gasteiger partial charge < -0.3 is 4.74 Å². The van der Waals surface area contributed by atoms with Crippen LogP contribution in [-0.4, -0.2) is 13.2 Å². The van der Waals surface area contributed by atoms with E-state index in [4.69, 9.17) is 24.0 Å². The third-order valence-corrected chi connectivity index (χ3v) is 1.04. The van der Waals surface area contributed by atoms with Crippen molar-refractivity contribution in [1.29, 1.82) is 5.26 Å². The van der Waals surface area contributed by atoms with Crippen LogP contribution in [0.1, 0.15) is 6.92 Å². The standard InChI is InChI=1S/C8H11NO.3CO.Fe/c1-8(10-2)6-4-3-5-7-9;3*1-2;/h3-6,8H,1-2H3;;;;/b5-3+,6-4+;;;;. The van der Waals surface area contributed by atoms with Gasteiger partial charge in [-0.1, -0.05) is 18.2 Å². The Morgan fingerprint density at radius 3 is 1.82 bits per heavy atom. The molecule has 5 nitrogen and oxygen atoms in total. The van der Waals surface area contributed by atoms with Gasteiger partial charge in [-0.2, -0.15) is 5.26 Å². The molecule has 0 radical (unpaired) electrons. The van der Waals surface area contributed by atoms with Crippen LogP contribution in [0.5, 0.6) is 0 Å². The second-order valence-electron chi connectivity index (χ2n) is 1.81. The third kappa shape index (κ3) is 52.9. The number of hydrogen-bond acceptors (Lipinski definition) is 2. The van der Waals surface area contributed by atoms with Gasteiger partial charge in [0.25, 0.3) is 0 Å². The van der Waals surface area contributed by atoms with E-state index in [9.17, 15) is 0 Å². The van der Waals surface area contributed by atoms with Gasteiger partial charge in [-0.3, -0.25) is 0 Å². The largest absolute Gasteiger partial charge is 0 e. The SMILES string of the molecule is COC(C)/C=C/C=C/C#N.[C-]#[O+].[C-]#[O+].[C-]#[O+].[Fe]. The Kier molecular flexibility index (Phi) is 81.2. The van der Waals surface area contributed by atoms with Gasteiger partial charge in [0.05, 0.1) is 12.2 Å². The van der Waals surface area contributed by atoms with Gasteiger partial charge in [0, 0.05) is 30.3 Å². The van der Waals surface area contributed by atoms with Crippen molar-refractivity contribution >= 4 is 0 Å². The number of methoxy groups -OCH3 is 1. The van der Waals surface area contributed by atoms with Gasteiger partial charge in [0.15, 0.2) is 0 Å². The zero-order valence-corrected chi connectivity index (χ0v) is 10.4. The predicted octanol–water partition coefficient (Wildman–Crippen LogP) is 1.54. The van der Waals surface area contributed by atoms with E-state index in [1.54, 1.807) is 19.3 Å². The number of hydrogen-bond donors (Lipinski definition) is 0. The molecule has 0 aromatic heterocycles. The van der Waals surface area contributed by atoms with Crippen LogP contribution in [0.4, 0.5) is 0 Å². The fourth-order valence-electron chi connectivity index (χ4n) is 0.398. The van der Waals surface area contributed by atoms with E-state index in [1.165, 1.54) is 6.08 Å². The summed E-state index contributed by atoms with van der Waals surface area (Å²) in [5.74, 6) is 0. The summed E-state index contributed by atoms with van der Waals surface area (Å²) in [5, 5.41) is 8.09. The van der Waals surface area contributed by atoms with Crippen molar-refractivity contribution in [2.75, 3.05) is 7.11 Å². The van der Waals surface area contributed by atoms with Crippen LogP contribution < -0.4 is 0 Å². The van der Waals surface area contributed by atoms with Crippen molar-refractivity contribution in [2.45, 2.75) is 13.0 Å². The molecule has 0 aromatic rings. The average Bonchev–Trinajstić information content (AvgIpc) is 2.41. The molecule has 0 spiro atoms. The molecule has 1 unspecified atom stereocenters. The molecule has 1 atom stereocenters. The maximum absolute atomic E-state index is 8.09. The summed E-state index contributed by atoms with van der Waals surface area (Å²) in [6.45, 7) is 15.4. The third-order valence-electron chi connectivity index (χ3n) is 1.04. The summed E-state index contributed by atoms with van der Waals surface area (Å²) in [4.78, 5) is 0. The van der Waals surface area contributed by atoms with Gasteiger partial charge >= 0.3 is 33.9 Å². The number of ether oxygens (including phenoxy) is 1. The summed E-state index contributed by atoms with van der Waals surface area (Å²) in [5.41, 5.74) is 0. The van der Waals surface area contributed by atoms with Crippen LogP contribution in [0.2, 0.25) is 0 Å². The molecule has 0 aliphatic carbocycles. The van der Waals surface area contributed by atoms with E-state index < -0.39 is 0 Å². The summed E-state index contributed by atoms with van der Waals surface area (Å²) in [6.07, 6.45) is 6.86. The van der Waals surface area contributed by atoms with Gasteiger partial charge in [-0.05, 0) is 6.92 Å². The van der Waals surface area contributed by atoms with E-state index in [-0.39, 0.29) is 23.2 Å². The number of rotatable bonds is 3. The Bertz CT molecular complexity index is 259. The number of nitrogens with zero attached hydrogens (tertiary/aromatic N) is 1. The molecule has 0 bridgehead atoms. The van der Waals surface area contributed by atoms with Crippen LogP contribution in [-0.2, 0) is 35.8 Å². The minimum absolute atomic E-state index is 0. The van der Waals surface area contributed by atoms with Crippen molar-refractivity contribution < 1.29 is 35.8 Å². The van der Waals surface area contributed by atoms with Gasteiger partial charge in [0.2, 0.25) is 0 Å². The summed E-state index contributed by atoms with van der Waals surface area (Å²) >= 11 is 0. The van der Waals surface area contributed by atoms with Crippen LogP contribution >= 0.6 is 0 Å². The fraction of sp³-hybridized carbons (Fsp3) is 0.273. The molecule has 92 valence electrons. The molecular weight excluding hydrogens is 266 g/mol. The molecule has 0 amide bonds. The summed E-state index contributed by atoms with van der Waals surface area (Å²) < 4.78 is 27.4.